The number of rotatable bonds is 7. The molecule has 1 spiro atoms. The molecule has 2 N–H and O–H groups in total. The standard InChI is InChI=1S/C24H31N7O2S/c32-34(33,28-15-20-7-4-12-29(20)16-19-5-2-1-3-6-19)31-14-13-30(17-24(31)9-10-24)23-21-8-11-25-22(21)26-18-27-23/h1-3,5-6,8,11,18,20,28H,4,7,9-10,12-17H2,(H,25,26,27)/t20-/m0/s1. The number of piperazine rings is 1. The lowest BCUT2D eigenvalue weighted by atomic mass is 10.2. The lowest BCUT2D eigenvalue weighted by Gasteiger charge is -2.41. The SMILES string of the molecule is O=S(=O)(NC[C@@H]1CCCN1Cc1ccccc1)N1CCN(c2ncnc3[nH]ccc23)CC12CC2. The number of fused-ring (bicyclic) bond motifs is 1. The van der Waals surface area contributed by atoms with Crippen LogP contribution in [-0.4, -0.2) is 76.9 Å². The first kappa shape index (κ1) is 22.0. The first-order valence-corrected chi connectivity index (χ1v) is 13.6. The number of anilines is 1. The zero-order chi connectivity index (χ0) is 23.2. The van der Waals surface area contributed by atoms with Crippen LogP contribution in [0, 0.1) is 0 Å². The molecule has 2 aromatic heterocycles. The molecule has 1 aromatic carbocycles. The molecular formula is C24H31N7O2S. The minimum Gasteiger partial charge on any atom is -0.353 e. The molecule has 4 heterocycles. The van der Waals surface area contributed by atoms with E-state index >= 15 is 0 Å². The molecule has 6 rings (SSSR count). The van der Waals surface area contributed by atoms with Gasteiger partial charge in [-0.25, -0.2) is 14.7 Å². The fourth-order valence-corrected chi connectivity index (χ4v) is 7.24. The predicted molar refractivity (Wildman–Crippen MR) is 132 cm³/mol. The highest BCUT2D eigenvalue weighted by atomic mass is 32.2. The maximum Gasteiger partial charge on any atom is 0.280 e. The van der Waals surface area contributed by atoms with E-state index in [1.165, 1.54) is 5.56 Å². The van der Waals surface area contributed by atoms with Gasteiger partial charge in [0.2, 0.25) is 0 Å². The molecule has 10 heteroatoms. The van der Waals surface area contributed by atoms with E-state index in [4.69, 9.17) is 0 Å². The van der Waals surface area contributed by atoms with E-state index in [0.717, 1.165) is 55.6 Å². The Morgan fingerprint density at radius 3 is 2.76 bits per heavy atom. The Morgan fingerprint density at radius 2 is 1.94 bits per heavy atom. The molecule has 3 aromatic rings. The molecule has 0 bridgehead atoms. The van der Waals surface area contributed by atoms with Crippen LogP contribution in [-0.2, 0) is 16.8 Å². The van der Waals surface area contributed by atoms with Gasteiger partial charge in [0.15, 0.2) is 0 Å². The van der Waals surface area contributed by atoms with Crippen LogP contribution in [0.3, 0.4) is 0 Å². The van der Waals surface area contributed by atoms with Crippen LogP contribution in [0.4, 0.5) is 5.82 Å². The van der Waals surface area contributed by atoms with Gasteiger partial charge in [-0.1, -0.05) is 30.3 Å². The number of aromatic nitrogens is 3. The number of hydrogen-bond donors (Lipinski definition) is 2. The van der Waals surface area contributed by atoms with Crippen molar-refractivity contribution in [2.24, 2.45) is 0 Å². The second-order valence-corrected chi connectivity index (χ2v) is 11.4. The maximum absolute atomic E-state index is 13.4. The van der Waals surface area contributed by atoms with Gasteiger partial charge in [0.05, 0.1) is 10.9 Å². The van der Waals surface area contributed by atoms with Crippen LogP contribution >= 0.6 is 0 Å². The summed E-state index contributed by atoms with van der Waals surface area (Å²) in [5.41, 5.74) is 1.74. The third-order valence-electron chi connectivity index (χ3n) is 7.57. The highest BCUT2D eigenvalue weighted by Crippen LogP contribution is 2.46. The molecule has 3 fully saturated rings. The Labute approximate surface area is 200 Å². The number of nitrogens with zero attached hydrogens (tertiary/aromatic N) is 5. The van der Waals surface area contributed by atoms with Crippen molar-refractivity contribution in [2.75, 3.05) is 37.6 Å². The molecule has 1 atom stereocenters. The number of benzene rings is 1. The second kappa shape index (κ2) is 8.60. The number of aromatic amines is 1. The van der Waals surface area contributed by atoms with E-state index in [9.17, 15) is 8.42 Å². The summed E-state index contributed by atoms with van der Waals surface area (Å²) in [5.74, 6) is 0.880. The van der Waals surface area contributed by atoms with Gasteiger partial charge in [0, 0.05) is 45.0 Å². The minimum atomic E-state index is -3.56. The molecule has 9 nitrogen and oxygen atoms in total. The van der Waals surface area contributed by atoms with E-state index in [0.29, 0.717) is 26.2 Å². The summed E-state index contributed by atoms with van der Waals surface area (Å²) >= 11 is 0. The van der Waals surface area contributed by atoms with Crippen molar-refractivity contribution in [3.05, 3.63) is 54.5 Å². The zero-order valence-electron chi connectivity index (χ0n) is 19.2. The van der Waals surface area contributed by atoms with Crippen molar-refractivity contribution in [3.8, 4) is 0 Å². The maximum atomic E-state index is 13.4. The molecule has 2 aliphatic heterocycles. The van der Waals surface area contributed by atoms with Gasteiger partial charge in [-0.2, -0.15) is 12.7 Å². The van der Waals surface area contributed by atoms with Crippen molar-refractivity contribution >= 4 is 27.1 Å². The lowest BCUT2D eigenvalue weighted by molar-refractivity contribution is 0.239. The minimum absolute atomic E-state index is 0.231. The quantitative estimate of drug-likeness (QED) is 0.537. The molecule has 0 radical (unpaired) electrons. The van der Waals surface area contributed by atoms with E-state index in [2.05, 4.69) is 53.7 Å². The first-order chi connectivity index (χ1) is 16.5. The largest absolute Gasteiger partial charge is 0.353 e. The number of nitrogens with one attached hydrogen (secondary N) is 2. The van der Waals surface area contributed by atoms with Crippen LogP contribution in [0.5, 0.6) is 0 Å². The third kappa shape index (κ3) is 4.08. The zero-order valence-corrected chi connectivity index (χ0v) is 20.0. The highest BCUT2D eigenvalue weighted by Gasteiger charge is 2.56. The van der Waals surface area contributed by atoms with Gasteiger partial charge in [-0.3, -0.25) is 4.90 Å². The Balaban J connectivity index is 1.12. The average Bonchev–Trinajstić information content (AvgIpc) is 3.23. The van der Waals surface area contributed by atoms with Crippen LogP contribution < -0.4 is 9.62 Å². The topological polar surface area (TPSA) is 97.5 Å². The molecule has 1 aliphatic carbocycles. The lowest BCUT2D eigenvalue weighted by Crippen LogP contribution is -2.60. The van der Waals surface area contributed by atoms with Crippen molar-refractivity contribution < 1.29 is 8.42 Å². The average molecular weight is 482 g/mol. The van der Waals surface area contributed by atoms with Gasteiger partial charge in [0.25, 0.3) is 10.2 Å². The normalized spacial score (nSPS) is 23.2. The smallest absolute Gasteiger partial charge is 0.280 e. The van der Waals surface area contributed by atoms with Crippen molar-refractivity contribution in [3.63, 3.8) is 0 Å². The van der Waals surface area contributed by atoms with Gasteiger partial charge >= 0.3 is 0 Å². The second-order valence-electron chi connectivity index (χ2n) is 9.76. The summed E-state index contributed by atoms with van der Waals surface area (Å²) in [5, 5.41) is 0.979. The Kier molecular flexibility index (Phi) is 5.56. The fourth-order valence-electron chi connectivity index (χ4n) is 5.61. The van der Waals surface area contributed by atoms with Gasteiger partial charge in [-0.15, -0.1) is 0 Å². The van der Waals surface area contributed by atoms with Gasteiger partial charge in [0.1, 0.15) is 17.8 Å². The summed E-state index contributed by atoms with van der Waals surface area (Å²) < 4.78 is 31.5. The first-order valence-electron chi connectivity index (χ1n) is 12.1. The van der Waals surface area contributed by atoms with E-state index in [1.54, 1.807) is 10.6 Å². The van der Waals surface area contributed by atoms with Crippen LogP contribution in [0.25, 0.3) is 11.0 Å². The summed E-state index contributed by atoms with van der Waals surface area (Å²) in [7, 11) is -3.56. The summed E-state index contributed by atoms with van der Waals surface area (Å²) in [6.45, 7) is 4.07. The Bertz CT molecular complexity index is 1260. The number of likely N-dealkylation sites (tertiary alicyclic amines) is 1. The summed E-state index contributed by atoms with van der Waals surface area (Å²) in [6.07, 6.45) is 7.33. The summed E-state index contributed by atoms with van der Waals surface area (Å²) in [4.78, 5) is 16.6. The molecule has 0 unspecified atom stereocenters. The van der Waals surface area contributed by atoms with E-state index < -0.39 is 10.2 Å². The van der Waals surface area contributed by atoms with Crippen LogP contribution in [0.2, 0.25) is 0 Å². The van der Waals surface area contributed by atoms with Gasteiger partial charge in [-0.05, 0) is 43.9 Å². The molecule has 34 heavy (non-hydrogen) atoms. The van der Waals surface area contributed by atoms with Crippen molar-refractivity contribution in [2.45, 2.75) is 43.8 Å². The molecular weight excluding hydrogens is 450 g/mol. The van der Waals surface area contributed by atoms with Crippen LogP contribution in [0.15, 0.2) is 48.9 Å². The molecule has 2 saturated heterocycles. The summed E-state index contributed by atoms with van der Waals surface area (Å²) in [6, 6.07) is 12.6. The van der Waals surface area contributed by atoms with Crippen LogP contribution in [0.1, 0.15) is 31.2 Å². The fraction of sp³-hybridized carbons (Fsp3) is 0.500. The van der Waals surface area contributed by atoms with Crippen molar-refractivity contribution in [1.29, 1.82) is 0 Å². The Hall–Kier alpha value is -2.53. The van der Waals surface area contributed by atoms with Gasteiger partial charge < -0.3 is 9.88 Å². The number of H-pyrrole nitrogens is 1. The molecule has 0 amide bonds. The monoisotopic (exact) mass is 481 g/mol. The highest BCUT2D eigenvalue weighted by molar-refractivity contribution is 7.87. The molecule has 180 valence electrons. The van der Waals surface area contributed by atoms with Crippen molar-refractivity contribution in [1.82, 2.24) is 28.9 Å². The Morgan fingerprint density at radius 1 is 1.09 bits per heavy atom. The number of hydrogen-bond acceptors (Lipinski definition) is 6. The van der Waals surface area contributed by atoms with E-state index in [-0.39, 0.29) is 11.6 Å². The predicted octanol–water partition coefficient (Wildman–Crippen LogP) is 2.11. The van der Waals surface area contributed by atoms with E-state index in [1.807, 2.05) is 18.3 Å². The molecule has 3 aliphatic rings. The molecule has 1 saturated carbocycles. The third-order valence-corrected chi connectivity index (χ3v) is 9.25.